The van der Waals surface area contributed by atoms with Crippen LogP contribution in [-0.2, 0) is 9.37 Å². The summed E-state index contributed by atoms with van der Waals surface area (Å²) in [5, 5.41) is 18.9. The third kappa shape index (κ3) is 5.48. The molecule has 17 heavy (non-hydrogen) atoms. The van der Waals surface area contributed by atoms with Crippen molar-refractivity contribution in [1.29, 1.82) is 0 Å². The van der Waals surface area contributed by atoms with Crippen LogP contribution in [0, 0.1) is 0 Å². The van der Waals surface area contributed by atoms with Gasteiger partial charge in [0, 0.05) is 0 Å². The molecule has 0 saturated heterocycles. The first kappa shape index (κ1) is 17.1. The zero-order chi connectivity index (χ0) is 13.4. The molecule has 0 aliphatic rings. The van der Waals surface area contributed by atoms with E-state index in [4.69, 9.17) is 0 Å². The summed E-state index contributed by atoms with van der Waals surface area (Å²) in [5.74, 6) is 0. The van der Waals surface area contributed by atoms with Crippen molar-refractivity contribution >= 4 is 12.0 Å². The van der Waals surface area contributed by atoms with Crippen LogP contribution in [0.5, 0.6) is 0 Å². The average molecular weight is 273 g/mol. The highest BCUT2D eigenvalue weighted by atomic mass is 32.2. The molecule has 4 nitrogen and oxygen atoms in total. The van der Waals surface area contributed by atoms with E-state index in [0.29, 0.717) is 25.7 Å². The van der Waals surface area contributed by atoms with Crippen LogP contribution in [0.2, 0.25) is 0 Å². The third-order valence-electron chi connectivity index (χ3n) is 2.60. The van der Waals surface area contributed by atoms with Crippen molar-refractivity contribution in [2.45, 2.75) is 63.2 Å². The number of rotatable bonds is 10. The predicted octanol–water partition coefficient (Wildman–Crippen LogP) is 2.56. The lowest BCUT2D eigenvalue weighted by Gasteiger charge is -2.34. The molecular formula is C10H19F2O4S-. The van der Waals surface area contributed by atoms with Crippen LogP contribution >= 0.6 is 12.0 Å². The predicted molar refractivity (Wildman–Crippen MR) is 58.7 cm³/mol. The normalized spacial score (nSPS) is 13.1. The van der Waals surface area contributed by atoms with E-state index in [-0.39, 0.29) is 12.8 Å². The van der Waals surface area contributed by atoms with E-state index in [1.807, 2.05) is 13.8 Å². The molecule has 0 rings (SSSR count). The van der Waals surface area contributed by atoms with Crippen molar-refractivity contribution in [3.63, 3.8) is 0 Å². The maximum atomic E-state index is 13.7. The molecule has 0 fully saturated rings. The van der Waals surface area contributed by atoms with Crippen molar-refractivity contribution in [1.82, 2.24) is 0 Å². The Hall–Kier alpha value is 0.0500. The van der Waals surface area contributed by atoms with E-state index in [1.54, 1.807) is 0 Å². The number of aliphatic hydroxyl groups is 1. The standard InChI is InChI=1S/C10H20F2O4S/c1-3-5-7-9(13,8-6-4-2)10(11,12)17-16-15-14/h13-14H,3-8H2,1-2H3/p-1. The Morgan fingerprint density at radius 2 is 1.65 bits per heavy atom. The van der Waals surface area contributed by atoms with E-state index in [9.17, 15) is 19.1 Å². The van der Waals surface area contributed by atoms with E-state index in [1.165, 1.54) is 0 Å². The summed E-state index contributed by atoms with van der Waals surface area (Å²) in [6, 6.07) is 0. The van der Waals surface area contributed by atoms with Crippen molar-refractivity contribution in [2.24, 2.45) is 0 Å². The highest BCUT2D eigenvalue weighted by molar-refractivity contribution is 7.95. The second-order valence-corrected chi connectivity index (χ2v) is 4.79. The van der Waals surface area contributed by atoms with Gasteiger partial charge < -0.3 is 10.4 Å². The zero-order valence-corrected chi connectivity index (χ0v) is 10.9. The first-order chi connectivity index (χ1) is 7.93. The van der Waals surface area contributed by atoms with E-state index in [2.05, 4.69) is 9.37 Å². The zero-order valence-electron chi connectivity index (χ0n) is 10.1. The van der Waals surface area contributed by atoms with Gasteiger partial charge in [0.25, 0.3) is 0 Å². The van der Waals surface area contributed by atoms with Gasteiger partial charge >= 0.3 is 5.25 Å². The van der Waals surface area contributed by atoms with E-state index in [0.717, 1.165) is 0 Å². The summed E-state index contributed by atoms with van der Waals surface area (Å²) in [6.45, 7) is 3.70. The minimum Gasteiger partial charge on any atom is -0.691 e. The van der Waals surface area contributed by atoms with Gasteiger partial charge in [0.2, 0.25) is 0 Å². The number of hydrogen-bond acceptors (Lipinski definition) is 5. The Morgan fingerprint density at radius 3 is 2.00 bits per heavy atom. The fourth-order valence-corrected chi connectivity index (χ4v) is 1.96. The molecule has 0 radical (unpaired) electrons. The lowest BCUT2D eigenvalue weighted by atomic mass is 9.91. The van der Waals surface area contributed by atoms with Gasteiger partial charge in [-0.05, 0) is 12.8 Å². The fraction of sp³-hybridized carbons (Fsp3) is 1.00. The lowest BCUT2D eigenvalue weighted by Crippen LogP contribution is -2.46. The van der Waals surface area contributed by atoms with Crippen LogP contribution in [0.25, 0.3) is 0 Å². The Morgan fingerprint density at radius 1 is 1.18 bits per heavy atom. The Bertz CT molecular complexity index is 197. The molecular weight excluding hydrogens is 254 g/mol. The molecule has 0 spiro atoms. The Balaban J connectivity index is 4.60. The van der Waals surface area contributed by atoms with Gasteiger partial charge in [-0.15, -0.1) is 0 Å². The third-order valence-corrected chi connectivity index (χ3v) is 3.31. The maximum absolute atomic E-state index is 13.7. The summed E-state index contributed by atoms with van der Waals surface area (Å²) < 4.78 is 31.0. The topological polar surface area (TPSA) is 61.8 Å². The molecule has 1 N–H and O–H groups in total. The SMILES string of the molecule is CCCCC(O)(CCCC)C(F)(F)SOO[O-]. The first-order valence-corrected chi connectivity index (χ1v) is 6.42. The summed E-state index contributed by atoms with van der Waals surface area (Å²) in [4.78, 5) is 0. The van der Waals surface area contributed by atoms with E-state index >= 15 is 0 Å². The van der Waals surface area contributed by atoms with Crippen LogP contribution in [0.3, 0.4) is 0 Å². The van der Waals surface area contributed by atoms with Gasteiger partial charge in [-0.25, -0.2) is 0 Å². The molecule has 0 aliphatic carbocycles. The molecule has 0 aromatic rings. The molecule has 0 amide bonds. The fourth-order valence-electron chi connectivity index (χ4n) is 1.49. The quantitative estimate of drug-likeness (QED) is 0.376. The highest BCUT2D eigenvalue weighted by Crippen LogP contribution is 2.45. The second-order valence-electron chi connectivity index (χ2n) is 3.97. The summed E-state index contributed by atoms with van der Waals surface area (Å²) >= 11 is -0.432. The lowest BCUT2D eigenvalue weighted by molar-refractivity contribution is -0.777. The minimum atomic E-state index is -3.57. The monoisotopic (exact) mass is 273 g/mol. The molecule has 0 aromatic carbocycles. The number of unbranched alkanes of at least 4 members (excludes halogenated alkanes) is 2. The smallest absolute Gasteiger partial charge is 0.348 e. The van der Waals surface area contributed by atoms with Crippen molar-refractivity contribution in [3.05, 3.63) is 0 Å². The van der Waals surface area contributed by atoms with Crippen molar-refractivity contribution < 1.29 is 28.5 Å². The van der Waals surface area contributed by atoms with Crippen LogP contribution in [0.15, 0.2) is 0 Å². The molecule has 0 atom stereocenters. The Kier molecular flexibility index (Phi) is 8.23. The van der Waals surface area contributed by atoms with Gasteiger partial charge in [0.1, 0.15) is 17.6 Å². The highest BCUT2D eigenvalue weighted by Gasteiger charge is 2.53. The second kappa shape index (κ2) is 8.20. The molecule has 0 bridgehead atoms. The molecule has 0 saturated carbocycles. The number of hydrogen-bond donors (Lipinski definition) is 1. The summed E-state index contributed by atoms with van der Waals surface area (Å²) in [7, 11) is 0. The van der Waals surface area contributed by atoms with Gasteiger partial charge in [-0.1, -0.05) is 39.5 Å². The molecule has 0 aliphatic heterocycles. The molecule has 0 heterocycles. The van der Waals surface area contributed by atoms with Gasteiger partial charge in [0.15, 0.2) is 0 Å². The molecule has 104 valence electrons. The van der Waals surface area contributed by atoms with Crippen LogP contribution in [-0.4, -0.2) is 16.0 Å². The van der Waals surface area contributed by atoms with Crippen LogP contribution in [0.4, 0.5) is 8.78 Å². The number of halogens is 2. The first-order valence-electron chi connectivity index (χ1n) is 5.68. The number of alkyl halides is 2. The summed E-state index contributed by atoms with van der Waals surface area (Å²) in [5.41, 5.74) is -2.16. The van der Waals surface area contributed by atoms with Crippen LogP contribution < -0.4 is 5.26 Å². The minimum absolute atomic E-state index is 0.0360. The largest absolute Gasteiger partial charge is 0.691 e. The molecule has 0 unspecified atom stereocenters. The van der Waals surface area contributed by atoms with E-state index < -0.39 is 22.9 Å². The molecule has 0 aromatic heterocycles. The average Bonchev–Trinajstić information content (AvgIpc) is 2.31. The van der Waals surface area contributed by atoms with Crippen LogP contribution in [0.1, 0.15) is 52.4 Å². The van der Waals surface area contributed by atoms with Crippen molar-refractivity contribution in [3.8, 4) is 0 Å². The van der Waals surface area contributed by atoms with Gasteiger partial charge in [-0.3, -0.25) is 5.04 Å². The maximum Gasteiger partial charge on any atom is 0.348 e. The van der Waals surface area contributed by atoms with Gasteiger partial charge in [-0.2, -0.15) is 13.1 Å². The van der Waals surface area contributed by atoms with Gasteiger partial charge in [0.05, 0.1) is 0 Å². The summed E-state index contributed by atoms with van der Waals surface area (Å²) in [6.07, 6.45) is 2.29. The van der Waals surface area contributed by atoms with Crippen molar-refractivity contribution in [2.75, 3.05) is 0 Å². The molecule has 7 heteroatoms. The Labute approximate surface area is 104 Å².